The lowest BCUT2D eigenvalue weighted by molar-refractivity contribution is -0.111. The molecule has 2 amide bonds. The van der Waals surface area contributed by atoms with Crippen molar-refractivity contribution in [2.75, 3.05) is 6.54 Å². The van der Waals surface area contributed by atoms with E-state index >= 15 is 0 Å². The van der Waals surface area contributed by atoms with E-state index in [9.17, 15) is 9.59 Å². The highest BCUT2D eigenvalue weighted by Gasteiger charge is 2.06. The Morgan fingerprint density at radius 2 is 1.88 bits per heavy atom. The number of hydrogen-bond donors (Lipinski definition) is 2. The van der Waals surface area contributed by atoms with Crippen LogP contribution in [-0.2, 0) is 16.0 Å². The Balaban J connectivity index is 2.36. The smallest absolute Gasteiger partial charge is 0.207 e. The Kier molecular flexibility index (Phi) is 5.70. The van der Waals surface area contributed by atoms with E-state index in [1.807, 2.05) is 30.3 Å². The van der Waals surface area contributed by atoms with E-state index in [1.54, 1.807) is 0 Å². The van der Waals surface area contributed by atoms with Crippen LogP contribution in [0.2, 0.25) is 0 Å². The van der Waals surface area contributed by atoms with Crippen LogP contribution in [0.1, 0.15) is 12.0 Å². The van der Waals surface area contributed by atoms with E-state index in [4.69, 9.17) is 0 Å². The average molecular weight is 220 g/mol. The summed E-state index contributed by atoms with van der Waals surface area (Å²) >= 11 is 0. The lowest BCUT2D eigenvalue weighted by atomic mass is 10.1. The van der Waals surface area contributed by atoms with Gasteiger partial charge in [0.05, 0.1) is 0 Å². The second-order valence-electron chi connectivity index (χ2n) is 3.53. The molecule has 4 heteroatoms. The van der Waals surface area contributed by atoms with E-state index < -0.39 is 0 Å². The zero-order valence-electron chi connectivity index (χ0n) is 9.06. The van der Waals surface area contributed by atoms with E-state index in [2.05, 4.69) is 10.6 Å². The molecular weight excluding hydrogens is 204 g/mol. The molecule has 86 valence electrons. The maximum atomic E-state index is 10.4. The molecule has 0 saturated carbocycles. The van der Waals surface area contributed by atoms with Crippen LogP contribution in [0.5, 0.6) is 0 Å². The molecule has 0 bridgehead atoms. The standard InChI is InChI=1S/C12H16N2O2/c15-9-13-8-12(14-10-16)7-6-11-4-2-1-3-5-11/h1-5,9-10,12H,6-8H2,(H,13,15)(H,14,16)/t12-/m0/s1. The fourth-order valence-corrected chi connectivity index (χ4v) is 1.52. The van der Waals surface area contributed by atoms with Crippen LogP contribution in [0.15, 0.2) is 30.3 Å². The largest absolute Gasteiger partial charge is 0.357 e. The zero-order valence-corrected chi connectivity index (χ0v) is 9.06. The Morgan fingerprint density at radius 3 is 2.50 bits per heavy atom. The predicted molar refractivity (Wildman–Crippen MR) is 61.8 cm³/mol. The maximum absolute atomic E-state index is 10.4. The van der Waals surface area contributed by atoms with Crippen LogP contribution in [0.4, 0.5) is 0 Å². The van der Waals surface area contributed by atoms with Gasteiger partial charge in [0.1, 0.15) is 0 Å². The van der Waals surface area contributed by atoms with Crippen molar-refractivity contribution in [2.24, 2.45) is 0 Å². The molecule has 0 unspecified atom stereocenters. The minimum atomic E-state index is -0.0112. The second-order valence-corrected chi connectivity index (χ2v) is 3.53. The number of nitrogens with one attached hydrogen (secondary N) is 2. The molecule has 0 aliphatic heterocycles. The summed E-state index contributed by atoms with van der Waals surface area (Å²) in [5.41, 5.74) is 1.23. The lowest BCUT2D eigenvalue weighted by Crippen LogP contribution is -2.37. The van der Waals surface area contributed by atoms with Gasteiger partial charge in [-0.2, -0.15) is 0 Å². The Labute approximate surface area is 95.0 Å². The van der Waals surface area contributed by atoms with Crippen molar-refractivity contribution >= 4 is 12.8 Å². The number of aryl methyl sites for hydroxylation is 1. The molecule has 1 aromatic carbocycles. The van der Waals surface area contributed by atoms with Crippen LogP contribution in [0, 0.1) is 0 Å². The van der Waals surface area contributed by atoms with Crippen LogP contribution in [0.3, 0.4) is 0 Å². The van der Waals surface area contributed by atoms with E-state index in [0.29, 0.717) is 19.4 Å². The minimum Gasteiger partial charge on any atom is -0.357 e. The summed E-state index contributed by atoms with van der Waals surface area (Å²) in [6.45, 7) is 0.467. The highest BCUT2D eigenvalue weighted by molar-refractivity contribution is 5.48. The molecule has 1 rings (SSSR count). The van der Waals surface area contributed by atoms with Gasteiger partial charge in [-0.3, -0.25) is 9.59 Å². The van der Waals surface area contributed by atoms with Gasteiger partial charge in [-0.25, -0.2) is 0 Å². The molecule has 0 aromatic heterocycles. The topological polar surface area (TPSA) is 58.2 Å². The van der Waals surface area contributed by atoms with Crippen LogP contribution < -0.4 is 10.6 Å². The number of carbonyl (C=O) groups excluding carboxylic acids is 2. The van der Waals surface area contributed by atoms with Gasteiger partial charge in [0.15, 0.2) is 0 Å². The summed E-state index contributed by atoms with van der Waals surface area (Å²) in [5.74, 6) is 0. The van der Waals surface area contributed by atoms with E-state index in [1.165, 1.54) is 5.56 Å². The van der Waals surface area contributed by atoms with E-state index in [0.717, 1.165) is 12.8 Å². The van der Waals surface area contributed by atoms with Gasteiger partial charge in [-0.05, 0) is 18.4 Å². The van der Waals surface area contributed by atoms with Gasteiger partial charge in [-0.1, -0.05) is 30.3 Å². The van der Waals surface area contributed by atoms with Gasteiger partial charge < -0.3 is 10.6 Å². The first kappa shape index (κ1) is 12.2. The molecule has 0 radical (unpaired) electrons. The predicted octanol–water partition coefficient (Wildman–Crippen LogP) is 0.480. The summed E-state index contributed by atoms with van der Waals surface area (Å²) in [6, 6.07) is 10.0. The average Bonchev–Trinajstić information content (AvgIpc) is 2.34. The summed E-state index contributed by atoms with van der Waals surface area (Å²) in [7, 11) is 0. The quantitative estimate of drug-likeness (QED) is 0.626. The Morgan fingerprint density at radius 1 is 1.12 bits per heavy atom. The molecule has 0 saturated heterocycles. The second kappa shape index (κ2) is 7.45. The third-order valence-corrected chi connectivity index (χ3v) is 2.38. The monoisotopic (exact) mass is 220 g/mol. The van der Waals surface area contributed by atoms with Crippen molar-refractivity contribution in [1.82, 2.24) is 10.6 Å². The molecule has 2 N–H and O–H groups in total. The first-order chi connectivity index (χ1) is 7.86. The summed E-state index contributed by atoms with van der Waals surface area (Å²) in [6.07, 6.45) is 3.00. The Bertz CT molecular complexity index is 314. The molecule has 0 aliphatic carbocycles. The summed E-state index contributed by atoms with van der Waals surface area (Å²) in [4.78, 5) is 20.5. The van der Waals surface area contributed by atoms with Crippen LogP contribution in [-0.4, -0.2) is 25.4 Å². The normalized spacial score (nSPS) is 11.5. The number of carbonyl (C=O) groups is 2. The van der Waals surface area contributed by atoms with Gasteiger partial charge in [-0.15, -0.1) is 0 Å². The molecule has 1 atom stereocenters. The minimum absolute atomic E-state index is 0.0112. The number of amides is 2. The fraction of sp³-hybridized carbons (Fsp3) is 0.333. The molecule has 0 aliphatic rings. The van der Waals surface area contributed by atoms with Crippen molar-refractivity contribution in [3.05, 3.63) is 35.9 Å². The van der Waals surface area contributed by atoms with Crippen LogP contribution in [0.25, 0.3) is 0 Å². The molecule has 4 nitrogen and oxygen atoms in total. The van der Waals surface area contributed by atoms with Crippen molar-refractivity contribution in [3.63, 3.8) is 0 Å². The van der Waals surface area contributed by atoms with Gasteiger partial charge in [0.25, 0.3) is 0 Å². The number of hydrogen-bond acceptors (Lipinski definition) is 2. The first-order valence-electron chi connectivity index (χ1n) is 5.27. The Hall–Kier alpha value is -1.84. The van der Waals surface area contributed by atoms with Gasteiger partial charge >= 0.3 is 0 Å². The van der Waals surface area contributed by atoms with Crippen molar-refractivity contribution in [2.45, 2.75) is 18.9 Å². The van der Waals surface area contributed by atoms with Crippen LogP contribution >= 0.6 is 0 Å². The van der Waals surface area contributed by atoms with Gasteiger partial charge in [0.2, 0.25) is 12.8 Å². The number of rotatable bonds is 8. The zero-order chi connectivity index (χ0) is 11.6. The SMILES string of the molecule is O=CNC[C@H](CCc1ccccc1)NC=O. The molecule has 0 spiro atoms. The fourth-order valence-electron chi connectivity index (χ4n) is 1.52. The molecular formula is C12H16N2O2. The third kappa shape index (κ3) is 4.59. The molecule has 0 heterocycles. The first-order valence-corrected chi connectivity index (χ1v) is 5.27. The highest BCUT2D eigenvalue weighted by atomic mass is 16.1. The van der Waals surface area contributed by atoms with E-state index in [-0.39, 0.29) is 6.04 Å². The molecule has 1 aromatic rings. The van der Waals surface area contributed by atoms with Crippen molar-refractivity contribution < 1.29 is 9.59 Å². The lowest BCUT2D eigenvalue weighted by Gasteiger charge is -2.15. The molecule has 16 heavy (non-hydrogen) atoms. The van der Waals surface area contributed by atoms with Crippen molar-refractivity contribution in [3.8, 4) is 0 Å². The maximum Gasteiger partial charge on any atom is 0.207 e. The third-order valence-electron chi connectivity index (χ3n) is 2.38. The highest BCUT2D eigenvalue weighted by Crippen LogP contribution is 2.04. The van der Waals surface area contributed by atoms with Gasteiger partial charge in [0, 0.05) is 12.6 Å². The molecule has 0 fully saturated rings. The number of benzene rings is 1. The summed E-state index contributed by atoms with van der Waals surface area (Å²) in [5, 5.41) is 5.25. The summed E-state index contributed by atoms with van der Waals surface area (Å²) < 4.78 is 0. The van der Waals surface area contributed by atoms with Crippen molar-refractivity contribution in [1.29, 1.82) is 0 Å².